The van der Waals surface area contributed by atoms with E-state index in [4.69, 9.17) is 0 Å². The highest BCUT2D eigenvalue weighted by atomic mass is 14.7. The van der Waals surface area contributed by atoms with Crippen molar-refractivity contribution in [1.29, 1.82) is 0 Å². The SMILES string of the molecule is c1ccc2c(C3CC4CCC5C6CCC7C(c8cccc9ccccc89)CC8CCC(C9CCC3C4C59)C6C87)cccc2c1. The molecule has 7 aliphatic rings. The topological polar surface area (TPSA) is 0 Å². The normalized spacial score (nSPS) is 44.8. The summed E-state index contributed by atoms with van der Waals surface area (Å²) < 4.78 is 0. The van der Waals surface area contributed by atoms with Crippen LogP contribution in [0.3, 0.4) is 0 Å². The van der Waals surface area contributed by atoms with Crippen LogP contribution >= 0.6 is 0 Å². The molecule has 7 saturated carbocycles. The quantitative estimate of drug-likeness (QED) is 0.223. The molecule has 4 aromatic carbocycles. The molecule has 0 saturated heterocycles. The van der Waals surface area contributed by atoms with Crippen molar-refractivity contribution in [3.05, 3.63) is 96.1 Å². The van der Waals surface area contributed by atoms with Gasteiger partial charge in [-0.1, -0.05) is 84.9 Å². The molecule has 4 aromatic rings. The van der Waals surface area contributed by atoms with E-state index in [2.05, 4.69) is 84.9 Å². The number of fused-ring (bicyclic) bond motifs is 4. The Balaban J connectivity index is 0.940. The molecule has 0 spiro atoms. The van der Waals surface area contributed by atoms with Gasteiger partial charge in [-0.15, -0.1) is 0 Å². The highest BCUT2D eigenvalue weighted by molar-refractivity contribution is 5.87. The first-order chi connectivity index (χ1) is 21.8. The highest BCUT2D eigenvalue weighted by Gasteiger charge is 2.66. The highest BCUT2D eigenvalue weighted by Crippen LogP contribution is 2.73. The Morgan fingerprint density at radius 2 is 0.727 bits per heavy atom. The molecular weight excluding hydrogens is 528 g/mol. The minimum Gasteiger partial charge on any atom is -0.0616 e. The Hall–Kier alpha value is -2.60. The first-order valence-electron chi connectivity index (χ1n) is 18.8. The number of rotatable bonds is 2. The van der Waals surface area contributed by atoms with Gasteiger partial charge in [0.05, 0.1) is 0 Å². The van der Waals surface area contributed by atoms with Gasteiger partial charge in [-0.2, -0.15) is 0 Å². The second-order valence-electron chi connectivity index (χ2n) is 16.9. The lowest BCUT2D eigenvalue weighted by atomic mass is 9.40. The summed E-state index contributed by atoms with van der Waals surface area (Å²) in [5.74, 6) is 13.9. The summed E-state index contributed by atoms with van der Waals surface area (Å²) in [6.45, 7) is 0. The molecule has 0 bridgehead atoms. The van der Waals surface area contributed by atoms with E-state index in [1.54, 1.807) is 60.4 Å². The van der Waals surface area contributed by atoms with E-state index in [9.17, 15) is 0 Å². The van der Waals surface area contributed by atoms with Crippen LogP contribution in [0.1, 0.15) is 87.2 Å². The lowest BCUT2D eigenvalue weighted by molar-refractivity contribution is -0.167. The second-order valence-corrected chi connectivity index (χ2v) is 16.9. The number of hydrogen-bond donors (Lipinski definition) is 0. The molecule has 0 aromatic heterocycles. The van der Waals surface area contributed by atoms with Gasteiger partial charge < -0.3 is 0 Å². The number of benzene rings is 4. The third-order valence-electron chi connectivity index (χ3n) is 16.0. The fraction of sp³-hybridized carbons (Fsp3) is 0.545. The van der Waals surface area contributed by atoms with Gasteiger partial charge >= 0.3 is 0 Å². The molecule has 44 heavy (non-hydrogen) atoms. The minimum absolute atomic E-state index is 0.802. The van der Waals surface area contributed by atoms with Crippen molar-refractivity contribution >= 4 is 21.5 Å². The summed E-state index contributed by atoms with van der Waals surface area (Å²) in [6, 6.07) is 33.0. The van der Waals surface area contributed by atoms with E-state index in [-0.39, 0.29) is 0 Å². The van der Waals surface area contributed by atoms with E-state index in [1.807, 2.05) is 0 Å². The van der Waals surface area contributed by atoms with Crippen LogP contribution < -0.4 is 0 Å². The Labute approximate surface area is 264 Å². The zero-order chi connectivity index (χ0) is 28.5. The standard InChI is InChI=1S/C44H48/c1-3-11-29-25(7-1)9-5-13-31(29)39-23-27-15-17-33-36-20-22-38-40(32-14-6-10-26-8-2-4-12-30(26)32)24-28-16-18-34(44(36)42(28)38)35-19-21-37(39)41(27)43(33)35/h1-14,27-28,33-44H,15-24H2. The van der Waals surface area contributed by atoms with Crippen LogP contribution in [0.25, 0.3) is 21.5 Å². The molecule has 0 N–H and O–H groups in total. The first kappa shape index (κ1) is 25.6. The molecule has 0 aliphatic heterocycles. The van der Waals surface area contributed by atoms with E-state index < -0.39 is 0 Å². The van der Waals surface area contributed by atoms with Crippen molar-refractivity contribution in [2.45, 2.75) is 76.0 Å². The van der Waals surface area contributed by atoms with Crippen LogP contribution in [0.2, 0.25) is 0 Å². The summed E-state index contributed by atoms with van der Waals surface area (Å²) in [6.07, 6.45) is 15.3. The minimum atomic E-state index is 0.802. The van der Waals surface area contributed by atoms with Gasteiger partial charge in [0.1, 0.15) is 0 Å². The van der Waals surface area contributed by atoms with Gasteiger partial charge in [-0.3, -0.25) is 0 Å². The van der Waals surface area contributed by atoms with Crippen LogP contribution in [0.4, 0.5) is 0 Å². The summed E-state index contributed by atoms with van der Waals surface area (Å²) in [7, 11) is 0. The molecule has 7 aliphatic carbocycles. The van der Waals surface area contributed by atoms with Crippen molar-refractivity contribution in [2.24, 2.45) is 71.0 Å². The lowest BCUT2D eigenvalue weighted by Gasteiger charge is -2.65. The molecule has 0 amide bonds. The molecule has 7 fully saturated rings. The lowest BCUT2D eigenvalue weighted by Crippen LogP contribution is -2.59. The summed E-state index contributed by atoms with van der Waals surface area (Å²) in [5, 5.41) is 6.02. The van der Waals surface area contributed by atoms with E-state index in [0.717, 1.165) is 82.9 Å². The monoisotopic (exact) mass is 576 g/mol. The van der Waals surface area contributed by atoms with Crippen molar-refractivity contribution < 1.29 is 0 Å². The average molecular weight is 577 g/mol. The molecule has 0 radical (unpaired) electrons. The number of hydrogen-bond acceptors (Lipinski definition) is 0. The van der Waals surface area contributed by atoms with Gasteiger partial charge in [0, 0.05) is 0 Å². The third-order valence-corrected chi connectivity index (χ3v) is 16.0. The molecule has 11 rings (SSSR count). The molecule has 14 unspecified atom stereocenters. The Kier molecular flexibility index (Phi) is 5.50. The fourth-order valence-corrected chi connectivity index (χ4v) is 15.1. The molecule has 0 nitrogen and oxygen atoms in total. The zero-order valence-electron chi connectivity index (χ0n) is 26.2. The van der Waals surface area contributed by atoms with Crippen molar-refractivity contribution in [3.63, 3.8) is 0 Å². The molecule has 0 heteroatoms. The third kappa shape index (κ3) is 3.36. The maximum Gasteiger partial charge on any atom is -0.0122 e. The Morgan fingerprint density at radius 1 is 0.341 bits per heavy atom. The summed E-state index contributed by atoms with van der Waals surface area (Å²) in [5.41, 5.74) is 3.41. The van der Waals surface area contributed by atoms with Crippen molar-refractivity contribution in [3.8, 4) is 0 Å². The van der Waals surface area contributed by atoms with Gasteiger partial charge in [0.2, 0.25) is 0 Å². The predicted molar refractivity (Wildman–Crippen MR) is 181 cm³/mol. The maximum absolute atomic E-state index is 2.53. The smallest absolute Gasteiger partial charge is 0.0122 e. The van der Waals surface area contributed by atoms with Crippen molar-refractivity contribution in [2.75, 3.05) is 0 Å². The Morgan fingerprint density at radius 3 is 1.20 bits per heavy atom. The van der Waals surface area contributed by atoms with Gasteiger partial charge in [-0.25, -0.2) is 0 Å². The van der Waals surface area contributed by atoms with Crippen molar-refractivity contribution in [1.82, 2.24) is 0 Å². The van der Waals surface area contributed by atoms with E-state index in [0.29, 0.717) is 0 Å². The Bertz CT molecular complexity index is 1600. The van der Waals surface area contributed by atoms with Gasteiger partial charge in [0.15, 0.2) is 0 Å². The second kappa shape index (κ2) is 9.47. The first-order valence-corrected chi connectivity index (χ1v) is 18.8. The van der Waals surface area contributed by atoms with Crippen LogP contribution in [0, 0.1) is 71.0 Å². The molecule has 224 valence electrons. The fourth-order valence-electron chi connectivity index (χ4n) is 15.1. The van der Waals surface area contributed by atoms with E-state index in [1.165, 1.54) is 36.5 Å². The van der Waals surface area contributed by atoms with Crippen LogP contribution in [-0.2, 0) is 0 Å². The predicted octanol–water partition coefficient (Wildman–Crippen LogP) is 11.3. The summed E-state index contributed by atoms with van der Waals surface area (Å²) >= 11 is 0. The zero-order valence-corrected chi connectivity index (χ0v) is 26.2. The van der Waals surface area contributed by atoms with Crippen LogP contribution in [0.5, 0.6) is 0 Å². The van der Waals surface area contributed by atoms with Crippen LogP contribution in [0.15, 0.2) is 84.9 Å². The molecule has 0 heterocycles. The average Bonchev–Trinajstić information content (AvgIpc) is 3.66. The maximum atomic E-state index is 2.53. The molecular formula is C44H48. The van der Waals surface area contributed by atoms with Gasteiger partial charge in [-0.05, 0) is 180 Å². The van der Waals surface area contributed by atoms with Gasteiger partial charge in [0.25, 0.3) is 0 Å². The van der Waals surface area contributed by atoms with E-state index >= 15 is 0 Å². The largest absolute Gasteiger partial charge is 0.0616 e. The van der Waals surface area contributed by atoms with Crippen LogP contribution in [-0.4, -0.2) is 0 Å². The molecule has 14 atom stereocenters. The summed E-state index contributed by atoms with van der Waals surface area (Å²) in [4.78, 5) is 0.